The number of nitrogen functional groups attached to an aromatic ring is 1. The second kappa shape index (κ2) is 6.34. The number of nitrogens with two attached hydrogens (primary N) is 1. The van der Waals surface area contributed by atoms with E-state index in [9.17, 15) is 9.90 Å². The molecule has 0 spiro atoms. The largest absolute Gasteiger partial charge is 0.382 e. The van der Waals surface area contributed by atoms with Crippen LogP contribution >= 0.6 is 0 Å². The Kier molecular flexibility index (Phi) is 3.98. The average Bonchev–Trinajstić information content (AvgIpc) is 2.95. The minimum absolute atomic E-state index is 0.301. The summed E-state index contributed by atoms with van der Waals surface area (Å²) in [5.74, 6) is 6.09. The van der Waals surface area contributed by atoms with Crippen LogP contribution in [-0.4, -0.2) is 50.1 Å². The van der Waals surface area contributed by atoms with Gasteiger partial charge in [0.05, 0.1) is 0 Å². The van der Waals surface area contributed by atoms with E-state index in [1.807, 2.05) is 18.2 Å². The smallest absolute Gasteiger partial charge is 0.267 e. The average molecular weight is 359 g/mol. The fourth-order valence-corrected chi connectivity index (χ4v) is 3.00. The summed E-state index contributed by atoms with van der Waals surface area (Å²) in [5.41, 5.74) is 6.29. The fourth-order valence-electron chi connectivity index (χ4n) is 3.00. The third-order valence-corrected chi connectivity index (χ3v) is 4.57. The number of carbonyl (C=O) groups is 1. The number of aromatic nitrogens is 3. The number of likely N-dealkylation sites (tertiary alicyclic amines) is 1. The van der Waals surface area contributed by atoms with Gasteiger partial charge in [-0.15, -0.1) is 0 Å². The molecular weight excluding hydrogens is 342 g/mol. The number of benzene rings is 1. The number of aliphatic hydroxyl groups is 1. The SMILES string of the molecule is CN1CC[C@@](O)(C#Cc2cccc(-c3ncc4ccnc(N)c4n3)c2)C1=O. The molecule has 3 heterocycles. The molecule has 1 aromatic carbocycles. The van der Waals surface area contributed by atoms with E-state index in [0.29, 0.717) is 35.7 Å². The number of carbonyl (C=O) groups excluding carboxylic acids is 1. The molecule has 0 saturated carbocycles. The van der Waals surface area contributed by atoms with Gasteiger partial charge < -0.3 is 15.7 Å². The summed E-state index contributed by atoms with van der Waals surface area (Å²) < 4.78 is 0. The number of hydrogen-bond donors (Lipinski definition) is 2. The van der Waals surface area contributed by atoms with E-state index >= 15 is 0 Å². The highest BCUT2D eigenvalue weighted by molar-refractivity contribution is 5.90. The minimum atomic E-state index is -1.62. The van der Waals surface area contributed by atoms with Crippen molar-refractivity contribution in [3.8, 4) is 23.2 Å². The maximum absolute atomic E-state index is 12.0. The maximum Gasteiger partial charge on any atom is 0.267 e. The molecule has 1 amide bonds. The van der Waals surface area contributed by atoms with Crippen LogP contribution in [0.25, 0.3) is 22.3 Å². The highest BCUT2D eigenvalue weighted by atomic mass is 16.3. The molecule has 0 bridgehead atoms. The second-order valence-corrected chi connectivity index (χ2v) is 6.50. The summed E-state index contributed by atoms with van der Waals surface area (Å²) in [6.07, 6.45) is 3.61. The number of anilines is 1. The molecule has 1 saturated heterocycles. The van der Waals surface area contributed by atoms with Crippen molar-refractivity contribution in [3.63, 3.8) is 0 Å². The van der Waals surface area contributed by atoms with Crippen LogP contribution in [0, 0.1) is 11.8 Å². The molecular formula is C20H17N5O2. The zero-order valence-electron chi connectivity index (χ0n) is 14.7. The summed E-state index contributed by atoms with van der Waals surface area (Å²) in [5, 5.41) is 11.2. The molecule has 1 fully saturated rings. The zero-order valence-corrected chi connectivity index (χ0v) is 14.7. The Morgan fingerprint density at radius 2 is 2.15 bits per heavy atom. The molecule has 1 aliphatic rings. The van der Waals surface area contributed by atoms with E-state index in [-0.39, 0.29) is 5.91 Å². The predicted octanol–water partition coefficient (Wildman–Crippen LogP) is 1.22. The highest BCUT2D eigenvalue weighted by Gasteiger charge is 2.42. The van der Waals surface area contributed by atoms with Crippen LogP contribution in [0.2, 0.25) is 0 Å². The van der Waals surface area contributed by atoms with E-state index in [1.54, 1.807) is 31.6 Å². The summed E-state index contributed by atoms with van der Waals surface area (Å²) in [7, 11) is 1.65. The van der Waals surface area contributed by atoms with Gasteiger partial charge in [-0.1, -0.05) is 24.0 Å². The van der Waals surface area contributed by atoms with Crippen molar-refractivity contribution in [2.75, 3.05) is 19.3 Å². The molecule has 0 unspecified atom stereocenters. The van der Waals surface area contributed by atoms with Crippen molar-refractivity contribution in [1.29, 1.82) is 0 Å². The zero-order chi connectivity index (χ0) is 19.0. The third kappa shape index (κ3) is 3.07. The van der Waals surface area contributed by atoms with Gasteiger partial charge in [0.2, 0.25) is 5.60 Å². The fraction of sp³-hybridized carbons (Fsp3) is 0.200. The Morgan fingerprint density at radius 3 is 2.93 bits per heavy atom. The molecule has 0 aliphatic carbocycles. The van der Waals surface area contributed by atoms with Gasteiger partial charge in [-0.2, -0.15) is 0 Å². The lowest BCUT2D eigenvalue weighted by atomic mass is 10.0. The molecule has 3 aromatic rings. The van der Waals surface area contributed by atoms with Crippen LogP contribution in [0.3, 0.4) is 0 Å². The standard InChI is InChI=1S/C20H17N5O2/c1-25-10-8-20(27,19(25)26)7-5-13-3-2-4-14(11-13)18-23-12-15-6-9-22-17(21)16(15)24-18/h2-4,6,9,11-12,27H,8,10H2,1H3,(H2,21,22)/t20-/m0/s1. The number of amides is 1. The normalized spacial score (nSPS) is 19.2. The van der Waals surface area contributed by atoms with Crippen molar-refractivity contribution in [3.05, 3.63) is 48.3 Å². The summed E-state index contributed by atoms with van der Waals surface area (Å²) in [6, 6.07) is 9.11. The lowest BCUT2D eigenvalue weighted by molar-refractivity contribution is -0.137. The second-order valence-electron chi connectivity index (χ2n) is 6.50. The van der Waals surface area contributed by atoms with Gasteiger partial charge in [-0.05, 0) is 18.2 Å². The Balaban J connectivity index is 1.69. The van der Waals surface area contributed by atoms with Crippen LogP contribution in [0.4, 0.5) is 5.82 Å². The van der Waals surface area contributed by atoms with Gasteiger partial charge >= 0.3 is 0 Å². The Bertz CT molecular complexity index is 1120. The minimum Gasteiger partial charge on any atom is -0.382 e. The van der Waals surface area contributed by atoms with Crippen molar-refractivity contribution in [2.24, 2.45) is 0 Å². The van der Waals surface area contributed by atoms with Gasteiger partial charge in [0.25, 0.3) is 5.91 Å². The van der Waals surface area contributed by atoms with Crippen LogP contribution in [0.1, 0.15) is 12.0 Å². The van der Waals surface area contributed by atoms with Gasteiger partial charge in [0.1, 0.15) is 11.3 Å². The first-order valence-electron chi connectivity index (χ1n) is 8.45. The number of hydrogen-bond acceptors (Lipinski definition) is 6. The third-order valence-electron chi connectivity index (χ3n) is 4.57. The van der Waals surface area contributed by atoms with Crippen molar-refractivity contribution >= 4 is 22.6 Å². The molecule has 7 nitrogen and oxygen atoms in total. The van der Waals surface area contributed by atoms with Crippen molar-refractivity contribution in [1.82, 2.24) is 19.9 Å². The van der Waals surface area contributed by atoms with Gasteiger partial charge in [-0.25, -0.2) is 15.0 Å². The Morgan fingerprint density at radius 1 is 1.30 bits per heavy atom. The summed E-state index contributed by atoms with van der Waals surface area (Å²) in [4.78, 5) is 26.4. The van der Waals surface area contributed by atoms with Crippen LogP contribution in [0.15, 0.2) is 42.7 Å². The first-order valence-corrected chi connectivity index (χ1v) is 8.45. The van der Waals surface area contributed by atoms with Gasteiger partial charge in [-0.3, -0.25) is 4.79 Å². The first kappa shape index (κ1) is 16.9. The maximum atomic E-state index is 12.0. The van der Waals surface area contributed by atoms with Crippen molar-refractivity contribution < 1.29 is 9.90 Å². The van der Waals surface area contributed by atoms with E-state index in [0.717, 1.165) is 10.9 Å². The van der Waals surface area contributed by atoms with E-state index in [1.165, 1.54) is 4.90 Å². The number of nitrogens with zero attached hydrogens (tertiary/aromatic N) is 4. The molecule has 1 aliphatic heterocycles. The molecule has 4 rings (SSSR count). The number of rotatable bonds is 1. The molecule has 3 N–H and O–H groups in total. The lowest BCUT2D eigenvalue weighted by Crippen LogP contribution is -2.37. The quantitative estimate of drug-likeness (QED) is 0.633. The first-order chi connectivity index (χ1) is 13.0. The molecule has 27 heavy (non-hydrogen) atoms. The van der Waals surface area contributed by atoms with Crippen LogP contribution < -0.4 is 5.73 Å². The van der Waals surface area contributed by atoms with E-state index in [2.05, 4.69) is 26.8 Å². The lowest BCUT2D eigenvalue weighted by Gasteiger charge is -2.13. The molecule has 134 valence electrons. The summed E-state index contributed by atoms with van der Waals surface area (Å²) in [6.45, 7) is 0.491. The Labute approximate surface area is 155 Å². The molecule has 1 atom stereocenters. The van der Waals surface area contributed by atoms with Crippen molar-refractivity contribution in [2.45, 2.75) is 12.0 Å². The molecule has 2 aromatic heterocycles. The summed E-state index contributed by atoms with van der Waals surface area (Å²) >= 11 is 0. The predicted molar refractivity (Wildman–Crippen MR) is 101 cm³/mol. The van der Waals surface area contributed by atoms with Crippen LogP contribution in [-0.2, 0) is 4.79 Å². The van der Waals surface area contributed by atoms with E-state index in [4.69, 9.17) is 5.73 Å². The number of fused-ring (bicyclic) bond motifs is 1. The number of likely N-dealkylation sites (N-methyl/N-ethyl adjacent to an activating group) is 1. The van der Waals surface area contributed by atoms with Gasteiger partial charge in [0.15, 0.2) is 5.82 Å². The monoisotopic (exact) mass is 359 g/mol. The topological polar surface area (TPSA) is 105 Å². The van der Waals surface area contributed by atoms with Crippen LogP contribution in [0.5, 0.6) is 0 Å². The van der Waals surface area contributed by atoms with Gasteiger partial charge in [0, 0.05) is 48.9 Å². The molecule has 7 heteroatoms. The number of pyridine rings is 1. The highest BCUT2D eigenvalue weighted by Crippen LogP contribution is 2.23. The molecule has 0 radical (unpaired) electrons. The Hall–Kier alpha value is -3.50. The van der Waals surface area contributed by atoms with E-state index < -0.39 is 5.60 Å².